The molecule has 5 heteroatoms. The first-order valence-corrected chi connectivity index (χ1v) is 8.32. The van der Waals surface area contributed by atoms with E-state index in [1.807, 2.05) is 6.20 Å². The Kier molecular flexibility index (Phi) is 9.67. The van der Waals surface area contributed by atoms with Crippen LogP contribution in [0.3, 0.4) is 0 Å². The summed E-state index contributed by atoms with van der Waals surface area (Å²) in [7, 11) is 4.40. The first kappa shape index (κ1) is 18.4. The van der Waals surface area contributed by atoms with Crippen LogP contribution in [0.1, 0.15) is 6.92 Å². The van der Waals surface area contributed by atoms with Crippen molar-refractivity contribution >= 4 is 0 Å². The minimum Gasteiger partial charge on any atom is -0.377 e. The minimum atomic E-state index is 1.04. The zero-order chi connectivity index (χ0) is 15.5. The molecule has 0 aromatic heterocycles. The lowest BCUT2D eigenvalue weighted by Crippen LogP contribution is -2.46. The molecule has 1 fully saturated rings. The third kappa shape index (κ3) is 8.41. The Bertz CT molecular complexity index is 263. The van der Waals surface area contributed by atoms with Gasteiger partial charge in [0.15, 0.2) is 0 Å². The predicted octanol–water partition coefficient (Wildman–Crippen LogP) is 0.221. The van der Waals surface area contributed by atoms with E-state index in [-0.39, 0.29) is 0 Å². The fourth-order valence-electron chi connectivity index (χ4n) is 2.49. The summed E-state index contributed by atoms with van der Waals surface area (Å²) in [6.07, 6.45) is 1.93. The Morgan fingerprint density at radius 3 is 2.43 bits per heavy atom. The van der Waals surface area contributed by atoms with Gasteiger partial charge in [0, 0.05) is 72.0 Å². The standard InChI is InChI=1S/C16H35N5/c1-5-20(6-2)14-11-18(3)9-7-17-8-10-21-15-12-19(4)13-16-21/h5,17H,1,6-16H2,2-4H3. The molecule has 0 aromatic carbocycles. The normalized spacial score (nSPS) is 17.3. The van der Waals surface area contributed by atoms with Crippen molar-refractivity contribution in [2.24, 2.45) is 0 Å². The Morgan fingerprint density at radius 2 is 1.81 bits per heavy atom. The van der Waals surface area contributed by atoms with Gasteiger partial charge in [0.1, 0.15) is 0 Å². The van der Waals surface area contributed by atoms with E-state index in [2.05, 4.69) is 52.5 Å². The molecule has 21 heavy (non-hydrogen) atoms. The van der Waals surface area contributed by atoms with Gasteiger partial charge in [-0.25, -0.2) is 0 Å². The Labute approximate surface area is 131 Å². The van der Waals surface area contributed by atoms with E-state index in [4.69, 9.17) is 0 Å². The molecular weight excluding hydrogens is 262 g/mol. The minimum absolute atomic E-state index is 1.04. The molecule has 1 rings (SSSR count). The van der Waals surface area contributed by atoms with Crippen LogP contribution in [0.4, 0.5) is 0 Å². The zero-order valence-electron chi connectivity index (χ0n) is 14.4. The number of nitrogens with zero attached hydrogens (tertiary/aromatic N) is 4. The van der Waals surface area contributed by atoms with Gasteiger partial charge in [-0.3, -0.25) is 4.90 Å². The highest BCUT2D eigenvalue weighted by molar-refractivity contribution is 4.71. The Morgan fingerprint density at radius 1 is 1.10 bits per heavy atom. The van der Waals surface area contributed by atoms with Crippen molar-refractivity contribution in [3.63, 3.8) is 0 Å². The van der Waals surface area contributed by atoms with Crippen LogP contribution in [-0.4, -0.2) is 106 Å². The van der Waals surface area contributed by atoms with E-state index in [1.165, 1.54) is 32.7 Å². The van der Waals surface area contributed by atoms with Crippen LogP contribution in [0.15, 0.2) is 12.8 Å². The summed E-state index contributed by atoms with van der Waals surface area (Å²) in [4.78, 5) is 9.59. The van der Waals surface area contributed by atoms with E-state index in [9.17, 15) is 0 Å². The van der Waals surface area contributed by atoms with Gasteiger partial charge in [-0.1, -0.05) is 6.58 Å². The number of hydrogen-bond acceptors (Lipinski definition) is 5. The maximum absolute atomic E-state index is 3.83. The molecule has 0 saturated carbocycles. The van der Waals surface area contributed by atoms with Crippen LogP contribution in [0.2, 0.25) is 0 Å². The van der Waals surface area contributed by atoms with Crippen LogP contribution in [0.25, 0.3) is 0 Å². The van der Waals surface area contributed by atoms with Crippen molar-refractivity contribution in [3.05, 3.63) is 12.8 Å². The van der Waals surface area contributed by atoms with Crippen LogP contribution in [0, 0.1) is 0 Å². The average Bonchev–Trinajstić information content (AvgIpc) is 2.50. The predicted molar refractivity (Wildman–Crippen MR) is 91.7 cm³/mol. The molecule has 124 valence electrons. The molecule has 0 amide bonds. The average molecular weight is 297 g/mol. The molecule has 1 aliphatic heterocycles. The SMILES string of the molecule is C=CN(CC)CCN(C)CCNCCN1CCN(C)CC1. The van der Waals surface area contributed by atoms with Gasteiger partial charge in [0.2, 0.25) is 0 Å². The summed E-state index contributed by atoms with van der Waals surface area (Å²) in [5.74, 6) is 0. The van der Waals surface area contributed by atoms with Gasteiger partial charge in [-0.05, 0) is 27.2 Å². The van der Waals surface area contributed by atoms with Gasteiger partial charge < -0.3 is 20.0 Å². The molecular formula is C16H35N5. The number of rotatable bonds is 11. The lowest BCUT2D eigenvalue weighted by atomic mass is 10.3. The van der Waals surface area contributed by atoms with Crippen molar-refractivity contribution in [1.82, 2.24) is 24.9 Å². The summed E-state index contributed by atoms with van der Waals surface area (Å²) in [5.41, 5.74) is 0. The number of likely N-dealkylation sites (N-methyl/N-ethyl adjacent to an activating group) is 3. The molecule has 0 radical (unpaired) electrons. The van der Waals surface area contributed by atoms with Crippen molar-refractivity contribution in [2.45, 2.75) is 6.92 Å². The highest BCUT2D eigenvalue weighted by atomic mass is 15.2. The monoisotopic (exact) mass is 297 g/mol. The van der Waals surface area contributed by atoms with E-state index in [0.717, 1.165) is 39.3 Å². The summed E-state index contributed by atoms with van der Waals surface area (Å²) < 4.78 is 0. The topological polar surface area (TPSA) is 25.0 Å². The second-order valence-electron chi connectivity index (χ2n) is 6.01. The number of nitrogens with one attached hydrogen (secondary N) is 1. The van der Waals surface area contributed by atoms with E-state index >= 15 is 0 Å². The summed E-state index contributed by atoms with van der Waals surface area (Å²) >= 11 is 0. The zero-order valence-corrected chi connectivity index (χ0v) is 14.4. The third-order valence-corrected chi connectivity index (χ3v) is 4.30. The molecule has 1 N–H and O–H groups in total. The Hall–Kier alpha value is -0.620. The molecule has 0 atom stereocenters. The first-order chi connectivity index (χ1) is 10.2. The number of hydrogen-bond donors (Lipinski definition) is 1. The smallest absolute Gasteiger partial charge is 0.0299 e. The maximum Gasteiger partial charge on any atom is 0.0299 e. The van der Waals surface area contributed by atoms with Gasteiger partial charge in [-0.2, -0.15) is 0 Å². The van der Waals surface area contributed by atoms with Crippen molar-refractivity contribution in [2.75, 3.05) is 86.1 Å². The summed E-state index contributed by atoms with van der Waals surface area (Å²) in [6.45, 7) is 18.5. The molecule has 1 aliphatic rings. The molecule has 0 spiro atoms. The van der Waals surface area contributed by atoms with Gasteiger partial charge in [0.05, 0.1) is 0 Å². The van der Waals surface area contributed by atoms with Crippen LogP contribution < -0.4 is 5.32 Å². The number of piperazine rings is 1. The molecule has 0 bridgehead atoms. The van der Waals surface area contributed by atoms with Gasteiger partial charge in [-0.15, -0.1) is 0 Å². The van der Waals surface area contributed by atoms with Crippen LogP contribution >= 0.6 is 0 Å². The maximum atomic E-state index is 3.83. The molecule has 1 saturated heterocycles. The van der Waals surface area contributed by atoms with Crippen molar-refractivity contribution in [3.8, 4) is 0 Å². The molecule has 0 unspecified atom stereocenters. The third-order valence-electron chi connectivity index (χ3n) is 4.30. The summed E-state index contributed by atoms with van der Waals surface area (Å²) in [5, 5.41) is 3.56. The van der Waals surface area contributed by atoms with E-state index in [0.29, 0.717) is 0 Å². The van der Waals surface area contributed by atoms with E-state index in [1.54, 1.807) is 0 Å². The fourth-order valence-corrected chi connectivity index (χ4v) is 2.49. The van der Waals surface area contributed by atoms with Crippen LogP contribution in [0.5, 0.6) is 0 Å². The fraction of sp³-hybridized carbons (Fsp3) is 0.875. The van der Waals surface area contributed by atoms with Gasteiger partial charge in [0.25, 0.3) is 0 Å². The largest absolute Gasteiger partial charge is 0.377 e. The van der Waals surface area contributed by atoms with Crippen LogP contribution in [-0.2, 0) is 0 Å². The highest BCUT2D eigenvalue weighted by Crippen LogP contribution is 1.97. The van der Waals surface area contributed by atoms with Crippen molar-refractivity contribution in [1.29, 1.82) is 0 Å². The molecule has 5 nitrogen and oxygen atoms in total. The molecule has 0 aliphatic carbocycles. The lowest BCUT2D eigenvalue weighted by molar-refractivity contribution is 0.154. The van der Waals surface area contributed by atoms with Crippen molar-refractivity contribution < 1.29 is 0 Å². The van der Waals surface area contributed by atoms with E-state index < -0.39 is 0 Å². The Balaban J connectivity index is 1.94. The lowest BCUT2D eigenvalue weighted by Gasteiger charge is -2.32. The summed E-state index contributed by atoms with van der Waals surface area (Å²) in [6, 6.07) is 0. The quantitative estimate of drug-likeness (QED) is 0.550. The first-order valence-electron chi connectivity index (χ1n) is 8.32. The second kappa shape index (κ2) is 11.0. The van der Waals surface area contributed by atoms with Gasteiger partial charge >= 0.3 is 0 Å². The molecule has 0 aromatic rings. The molecule has 1 heterocycles. The highest BCUT2D eigenvalue weighted by Gasteiger charge is 2.12. The second-order valence-corrected chi connectivity index (χ2v) is 6.01.